The lowest BCUT2D eigenvalue weighted by Gasteiger charge is -2.09. The lowest BCUT2D eigenvalue weighted by atomic mass is 10.2. The molecule has 23 heavy (non-hydrogen) atoms. The van der Waals surface area contributed by atoms with Gasteiger partial charge in [0.05, 0.1) is 5.69 Å². The number of nitrogens with zero attached hydrogens (tertiary/aromatic N) is 3. The Bertz CT molecular complexity index is 843. The van der Waals surface area contributed by atoms with Crippen LogP contribution in [-0.4, -0.2) is 26.9 Å². The number of rotatable bonds is 3. The second-order valence-corrected chi connectivity index (χ2v) is 4.48. The number of nitrogens with one attached hydrogen (secondary N) is 1. The Kier molecular flexibility index (Phi) is 3.61. The largest absolute Gasteiger partial charge is 0.573 e. The standard InChI is InChI=1S/C14H9F3N4O2/c15-14(16,17)23-10-5-3-9(4-6-10)13(22)20-11-2-1-7-21-12(11)18-8-19-21/h1-8H,(H,20,22). The highest BCUT2D eigenvalue weighted by molar-refractivity contribution is 6.05. The van der Waals surface area contributed by atoms with Gasteiger partial charge in [-0.05, 0) is 36.4 Å². The topological polar surface area (TPSA) is 68.5 Å². The third-order valence-electron chi connectivity index (χ3n) is 2.90. The van der Waals surface area contributed by atoms with Crippen LogP contribution in [0.5, 0.6) is 5.75 Å². The molecule has 0 saturated carbocycles. The number of fused-ring (bicyclic) bond motifs is 1. The number of halogens is 3. The van der Waals surface area contributed by atoms with Gasteiger partial charge in [0.2, 0.25) is 0 Å². The van der Waals surface area contributed by atoms with E-state index < -0.39 is 18.0 Å². The van der Waals surface area contributed by atoms with Crippen molar-refractivity contribution in [1.29, 1.82) is 0 Å². The van der Waals surface area contributed by atoms with Gasteiger partial charge >= 0.3 is 6.36 Å². The van der Waals surface area contributed by atoms with Crippen molar-refractivity contribution in [2.24, 2.45) is 0 Å². The van der Waals surface area contributed by atoms with Gasteiger partial charge < -0.3 is 10.1 Å². The van der Waals surface area contributed by atoms with E-state index in [1.807, 2.05) is 0 Å². The summed E-state index contributed by atoms with van der Waals surface area (Å²) in [6.07, 6.45) is -1.76. The van der Waals surface area contributed by atoms with E-state index in [1.54, 1.807) is 18.3 Å². The smallest absolute Gasteiger partial charge is 0.406 e. The molecule has 0 radical (unpaired) electrons. The van der Waals surface area contributed by atoms with Gasteiger partial charge in [-0.2, -0.15) is 5.10 Å². The molecule has 6 nitrogen and oxygen atoms in total. The second kappa shape index (κ2) is 5.59. The predicted octanol–water partition coefficient (Wildman–Crippen LogP) is 2.88. The minimum atomic E-state index is -4.77. The summed E-state index contributed by atoms with van der Waals surface area (Å²) in [5, 5.41) is 6.57. The molecule has 0 fully saturated rings. The van der Waals surface area contributed by atoms with E-state index in [1.165, 1.54) is 23.0 Å². The Morgan fingerprint density at radius 3 is 2.61 bits per heavy atom. The first-order valence-corrected chi connectivity index (χ1v) is 6.38. The first-order valence-electron chi connectivity index (χ1n) is 6.38. The number of carbonyl (C=O) groups excluding carboxylic acids is 1. The first-order chi connectivity index (χ1) is 10.9. The molecular formula is C14H9F3N4O2. The molecule has 2 aromatic heterocycles. The molecule has 1 amide bonds. The van der Waals surface area contributed by atoms with Gasteiger partial charge in [-0.3, -0.25) is 4.79 Å². The van der Waals surface area contributed by atoms with Gasteiger partial charge in [0.15, 0.2) is 5.65 Å². The highest BCUT2D eigenvalue weighted by Crippen LogP contribution is 2.23. The highest BCUT2D eigenvalue weighted by atomic mass is 19.4. The van der Waals surface area contributed by atoms with Crippen molar-refractivity contribution in [3.63, 3.8) is 0 Å². The molecule has 3 aromatic rings. The molecule has 1 N–H and O–H groups in total. The molecule has 3 rings (SSSR count). The number of benzene rings is 1. The average Bonchev–Trinajstić information content (AvgIpc) is 2.96. The SMILES string of the molecule is O=C(Nc1cccn2ncnc12)c1ccc(OC(F)(F)F)cc1. The Labute approximate surface area is 127 Å². The number of hydrogen-bond donors (Lipinski definition) is 1. The zero-order valence-corrected chi connectivity index (χ0v) is 11.4. The highest BCUT2D eigenvalue weighted by Gasteiger charge is 2.31. The van der Waals surface area contributed by atoms with Crippen LogP contribution < -0.4 is 10.1 Å². The third-order valence-corrected chi connectivity index (χ3v) is 2.90. The molecule has 118 valence electrons. The zero-order chi connectivity index (χ0) is 16.4. The quantitative estimate of drug-likeness (QED) is 0.805. The van der Waals surface area contributed by atoms with Crippen molar-refractivity contribution in [1.82, 2.24) is 14.6 Å². The monoisotopic (exact) mass is 322 g/mol. The summed E-state index contributed by atoms with van der Waals surface area (Å²) < 4.78 is 41.5. The molecule has 2 heterocycles. The summed E-state index contributed by atoms with van der Waals surface area (Å²) in [4.78, 5) is 16.2. The average molecular weight is 322 g/mol. The number of hydrogen-bond acceptors (Lipinski definition) is 4. The summed E-state index contributed by atoms with van der Waals surface area (Å²) in [5.41, 5.74) is 1.07. The van der Waals surface area contributed by atoms with Crippen LogP contribution >= 0.6 is 0 Å². The number of amides is 1. The van der Waals surface area contributed by atoms with Crippen molar-refractivity contribution >= 4 is 17.2 Å². The molecule has 0 bridgehead atoms. The maximum Gasteiger partial charge on any atom is 0.573 e. The fraction of sp³-hybridized carbons (Fsp3) is 0.0714. The van der Waals surface area contributed by atoms with Gasteiger partial charge in [-0.1, -0.05) is 0 Å². The number of alkyl halides is 3. The first kappa shape index (κ1) is 14.8. The minimum Gasteiger partial charge on any atom is -0.406 e. The molecule has 0 atom stereocenters. The second-order valence-electron chi connectivity index (χ2n) is 4.48. The van der Waals surface area contributed by atoms with Gasteiger partial charge in [0.1, 0.15) is 12.1 Å². The normalized spacial score (nSPS) is 11.4. The number of anilines is 1. The van der Waals surface area contributed by atoms with Crippen LogP contribution in [0.4, 0.5) is 18.9 Å². The van der Waals surface area contributed by atoms with Crippen molar-refractivity contribution in [2.45, 2.75) is 6.36 Å². The summed E-state index contributed by atoms with van der Waals surface area (Å²) in [6.45, 7) is 0. The van der Waals surface area contributed by atoms with E-state index in [0.29, 0.717) is 11.3 Å². The summed E-state index contributed by atoms with van der Waals surface area (Å²) >= 11 is 0. The van der Waals surface area contributed by atoms with E-state index >= 15 is 0 Å². The van der Waals surface area contributed by atoms with Crippen molar-refractivity contribution in [3.05, 3.63) is 54.5 Å². The lowest BCUT2D eigenvalue weighted by Crippen LogP contribution is -2.17. The Morgan fingerprint density at radius 2 is 1.91 bits per heavy atom. The minimum absolute atomic E-state index is 0.182. The molecule has 0 aliphatic rings. The maximum atomic E-state index is 12.1. The number of aromatic nitrogens is 3. The number of carbonyl (C=O) groups is 1. The molecule has 0 unspecified atom stereocenters. The van der Waals surface area contributed by atoms with E-state index in [-0.39, 0.29) is 5.56 Å². The molecular weight excluding hydrogens is 313 g/mol. The van der Waals surface area contributed by atoms with Crippen LogP contribution in [0.3, 0.4) is 0 Å². The molecule has 1 aromatic carbocycles. The summed E-state index contributed by atoms with van der Waals surface area (Å²) in [5.74, 6) is -0.881. The molecule has 9 heteroatoms. The molecule has 0 spiro atoms. The van der Waals surface area contributed by atoms with Crippen molar-refractivity contribution in [3.8, 4) is 5.75 Å². The fourth-order valence-electron chi connectivity index (χ4n) is 1.95. The van der Waals surface area contributed by atoms with E-state index in [4.69, 9.17) is 0 Å². The van der Waals surface area contributed by atoms with Crippen LogP contribution in [0.1, 0.15) is 10.4 Å². The van der Waals surface area contributed by atoms with Crippen LogP contribution in [-0.2, 0) is 0 Å². The van der Waals surface area contributed by atoms with E-state index in [9.17, 15) is 18.0 Å². The van der Waals surface area contributed by atoms with Crippen LogP contribution in [0, 0.1) is 0 Å². The maximum absolute atomic E-state index is 12.1. The Hall–Kier alpha value is -3.10. The molecule has 0 saturated heterocycles. The van der Waals surface area contributed by atoms with Gasteiger partial charge in [0, 0.05) is 11.8 Å². The summed E-state index contributed by atoms with van der Waals surface area (Å²) in [6, 6.07) is 7.93. The van der Waals surface area contributed by atoms with Crippen LogP contribution in [0.25, 0.3) is 5.65 Å². The Morgan fingerprint density at radius 1 is 1.17 bits per heavy atom. The Balaban J connectivity index is 1.77. The fourth-order valence-corrected chi connectivity index (χ4v) is 1.95. The van der Waals surface area contributed by atoms with E-state index in [2.05, 4.69) is 20.1 Å². The predicted molar refractivity (Wildman–Crippen MR) is 74.1 cm³/mol. The van der Waals surface area contributed by atoms with Gasteiger partial charge in [0.25, 0.3) is 5.91 Å². The molecule has 0 aliphatic heterocycles. The molecule has 0 aliphatic carbocycles. The van der Waals surface area contributed by atoms with Crippen LogP contribution in [0.15, 0.2) is 48.9 Å². The number of pyridine rings is 1. The van der Waals surface area contributed by atoms with Crippen molar-refractivity contribution < 1.29 is 22.7 Å². The van der Waals surface area contributed by atoms with E-state index in [0.717, 1.165) is 12.1 Å². The summed E-state index contributed by atoms with van der Waals surface area (Å²) in [7, 11) is 0. The van der Waals surface area contributed by atoms with Gasteiger partial charge in [-0.25, -0.2) is 9.50 Å². The lowest BCUT2D eigenvalue weighted by molar-refractivity contribution is -0.274. The van der Waals surface area contributed by atoms with Gasteiger partial charge in [-0.15, -0.1) is 13.2 Å². The number of ether oxygens (including phenoxy) is 1. The van der Waals surface area contributed by atoms with Crippen LogP contribution in [0.2, 0.25) is 0 Å². The van der Waals surface area contributed by atoms with Crippen molar-refractivity contribution in [2.75, 3.05) is 5.32 Å². The zero-order valence-electron chi connectivity index (χ0n) is 11.4. The third kappa shape index (κ3) is 3.39.